The van der Waals surface area contributed by atoms with Gasteiger partial charge in [0, 0.05) is 24.9 Å². The maximum atomic E-state index is 14.0. The standard InChI is InChI=1S/C45H71FN2O4S/c1-30(2)33-13-22-45(47-25-28-48-26-16-32(17-27-48)53(8,51)52)24-23-42(6)35(38(33)45)9-10-37-41(5)18-14-34(40(3,4)36(41)15-19-43(37,42)7)31-11-20-44(29-46,21-12-31)39(49)50/h11,14,32-33,35-38,47H,1,9-10,12-13,15-29H2,2-8H3,(H,49,50)/t33-,35+,36-,37+,38+,41?,42+,43+,44?,45-/m0/s1. The van der Waals surface area contributed by atoms with Gasteiger partial charge >= 0.3 is 5.97 Å². The molecule has 5 fully saturated rings. The van der Waals surface area contributed by atoms with E-state index in [0.717, 1.165) is 45.4 Å². The third-order valence-electron chi connectivity index (χ3n) is 18.4. The van der Waals surface area contributed by atoms with Crippen molar-refractivity contribution < 1.29 is 22.7 Å². The van der Waals surface area contributed by atoms with Crippen LogP contribution in [-0.2, 0) is 14.6 Å². The number of hydrogen-bond donors (Lipinski definition) is 2. The van der Waals surface area contributed by atoms with Crippen LogP contribution in [0.5, 0.6) is 0 Å². The molecule has 0 amide bonds. The van der Waals surface area contributed by atoms with Crippen LogP contribution in [0.4, 0.5) is 4.39 Å². The predicted octanol–water partition coefficient (Wildman–Crippen LogP) is 9.18. The first-order chi connectivity index (χ1) is 24.8. The number of fused-ring (bicyclic) bond motifs is 7. The molecule has 2 unspecified atom stereocenters. The Morgan fingerprint density at radius 1 is 0.925 bits per heavy atom. The molecule has 7 rings (SSSR count). The average Bonchev–Trinajstić information content (AvgIpc) is 3.48. The number of sulfone groups is 1. The van der Waals surface area contributed by atoms with Gasteiger partial charge in [-0.05, 0) is 172 Å². The Labute approximate surface area is 321 Å². The summed E-state index contributed by atoms with van der Waals surface area (Å²) < 4.78 is 38.3. The molecule has 53 heavy (non-hydrogen) atoms. The number of rotatable bonds is 9. The first kappa shape index (κ1) is 39.7. The number of hydrogen-bond acceptors (Lipinski definition) is 5. The summed E-state index contributed by atoms with van der Waals surface area (Å²) >= 11 is 0. The van der Waals surface area contributed by atoms with Crippen LogP contribution in [-0.4, -0.2) is 74.3 Å². The predicted molar refractivity (Wildman–Crippen MR) is 213 cm³/mol. The van der Waals surface area contributed by atoms with E-state index in [4.69, 9.17) is 0 Å². The summed E-state index contributed by atoms with van der Waals surface area (Å²) in [5, 5.41) is 13.9. The molecule has 2 N–H and O–H groups in total. The Morgan fingerprint density at radius 2 is 1.64 bits per heavy atom. The van der Waals surface area contributed by atoms with Gasteiger partial charge in [-0.25, -0.2) is 12.8 Å². The molecule has 1 heterocycles. The van der Waals surface area contributed by atoms with Crippen LogP contribution >= 0.6 is 0 Å². The van der Waals surface area contributed by atoms with Crippen LogP contribution in [0, 0.1) is 56.7 Å². The van der Waals surface area contributed by atoms with E-state index in [9.17, 15) is 22.7 Å². The number of piperidine rings is 1. The molecule has 0 aromatic carbocycles. The number of carboxylic acid groups (broad SMARTS) is 1. The maximum absolute atomic E-state index is 14.0. The highest BCUT2D eigenvalue weighted by Gasteiger charge is 2.70. The summed E-state index contributed by atoms with van der Waals surface area (Å²) in [7, 11) is -2.96. The molecule has 6 aliphatic carbocycles. The van der Waals surface area contributed by atoms with Crippen LogP contribution in [0.25, 0.3) is 0 Å². The van der Waals surface area contributed by atoms with Crippen molar-refractivity contribution in [3.05, 3.63) is 35.5 Å². The fourth-order valence-corrected chi connectivity index (χ4v) is 16.2. The molecule has 1 saturated heterocycles. The van der Waals surface area contributed by atoms with Gasteiger partial charge in [0.2, 0.25) is 0 Å². The second kappa shape index (κ2) is 13.6. The van der Waals surface area contributed by atoms with E-state index >= 15 is 0 Å². The van der Waals surface area contributed by atoms with E-state index in [2.05, 4.69) is 70.5 Å². The zero-order valence-corrected chi connectivity index (χ0v) is 35.0. The van der Waals surface area contributed by atoms with E-state index in [0.29, 0.717) is 42.4 Å². The third-order valence-corrected chi connectivity index (χ3v) is 20.0. The van der Waals surface area contributed by atoms with E-state index in [1.807, 2.05) is 0 Å². The van der Waals surface area contributed by atoms with Gasteiger partial charge in [-0.3, -0.25) is 4.79 Å². The van der Waals surface area contributed by atoms with E-state index < -0.39 is 27.9 Å². The van der Waals surface area contributed by atoms with Crippen molar-refractivity contribution in [2.45, 2.75) is 142 Å². The minimum absolute atomic E-state index is 0.0148. The van der Waals surface area contributed by atoms with Crippen LogP contribution < -0.4 is 5.32 Å². The Morgan fingerprint density at radius 3 is 2.25 bits per heavy atom. The Hall–Kier alpha value is -1.51. The molecule has 6 nitrogen and oxygen atoms in total. The number of allylic oxidation sites excluding steroid dienone is 5. The second-order valence-corrected chi connectivity index (χ2v) is 23.2. The average molecular weight is 755 g/mol. The molecule has 7 aliphatic rings. The Kier molecular flexibility index (Phi) is 10.2. The lowest BCUT2D eigenvalue weighted by atomic mass is 9.33. The van der Waals surface area contributed by atoms with Crippen LogP contribution in [0.1, 0.15) is 131 Å². The number of aliphatic carboxylic acids is 1. The van der Waals surface area contributed by atoms with Gasteiger partial charge < -0.3 is 15.3 Å². The number of carboxylic acids is 1. The molecule has 10 atom stereocenters. The molecule has 0 aromatic heterocycles. The number of carbonyl (C=O) groups is 1. The SMILES string of the molecule is C=C(C)[C@@H]1CC[C@]2(NCCN3CCC(S(C)(=O)=O)CC3)CC[C@]3(C)[C@H](CC[C@@H]4C5(C)CC=C(C6=CCC(CF)(C(=O)O)CC6)C(C)(C)[C@@H]5CC[C@]43C)[C@@H]12. The summed E-state index contributed by atoms with van der Waals surface area (Å²) in [6.45, 7) is 22.8. The molecule has 1 aliphatic heterocycles. The van der Waals surface area contributed by atoms with Crippen molar-refractivity contribution in [2.75, 3.05) is 39.1 Å². The van der Waals surface area contributed by atoms with E-state index in [1.54, 1.807) is 0 Å². The largest absolute Gasteiger partial charge is 0.481 e. The van der Waals surface area contributed by atoms with Crippen molar-refractivity contribution in [3.63, 3.8) is 0 Å². The third kappa shape index (κ3) is 6.10. The summed E-state index contributed by atoms with van der Waals surface area (Å²) in [4.78, 5) is 14.5. The topological polar surface area (TPSA) is 86.7 Å². The highest BCUT2D eigenvalue weighted by molar-refractivity contribution is 7.91. The molecule has 0 aromatic rings. The fraction of sp³-hybridized carbons (Fsp3) is 0.844. The van der Waals surface area contributed by atoms with E-state index in [-0.39, 0.29) is 38.9 Å². The van der Waals surface area contributed by atoms with Crippen molar-refractivity contribution in [1.29, 1.82) is 0 Å². The minimum atomic E-state index is -2.96. The Bertz CT molecular complexity index is 1650. The van der Waals surface area contributed by atoms with Gasteiger partial charge in [-0.2, -0.15) is 0 Å². The maximum Gasteiger partial charge on any atom is 0.312 e. The smallest absolute Gasteiger partial charge is 0.312 e. The van der Waals surface area contributed by atoms with Crippen molar-refractivity contribution in [1.82, 2.24) is 10.2 Å². The first-order valence-electron chi connectivity index (χ1n) is 21.3. The number of nitrogens with one attached hydrogen (secondary N) is 1. The van der Waals surface area contributed by atoms with Gasteiger partial charge in [-0.1, -0.05) is 58.9 Å². The zero-order valence-electron chi connectivity index (χ0n) is 34.2. The molecule has 4 saturated carbocycles. The highest BCUT2D eigenvalue weighted by atomic mass is 32.2. The zero-order chi connectivity index (χ0) is 38.4. The second-order valence-electron chi connectivity index (χ2n) is 20.8. The first-order valence-corrected chi connectivity index (χ1v) is 23.2. The monoisotopic (exact) mass is 755 g/mol. The normalized spacial score (nSPS) is 44.5. The van der Waals surface area contributed by atoms with Gasteiger partial charge in [0.05, 0.1) is 10.7 Å². The lowest BCUT2D eigenvalue weighted by molar-refractivity contribution is -0.221. The van der Waals surface area contributed by atoms with Gasteiger partial charge in [0.15, 0.2) is 0 Å². The number of alkyl halides is 1. The van der Waals surface area contributed by atoms with Gasteiger partial charge in [0.25, 0.3) is 0 Å². The van der Waals surface area contributed by atoms with Gasteiger partial charge in [0.1, 0.15) is 16.5 Å². The molecule has 0 bridgehead atoms. The minimum Gasteiger partial charge on any atom is -0.481 e. The number of likely N-dealkylation sites (tertiary alicyclic amines) is 1. The Balaban J connectivity index is 1.11. The lowest BCUT2D eigenvalue weighted by Gasteiger charge is -2.72. The van der Waals surface area contributed by atoms with E-state index in [1.165, 1.54) is 74.3 Å². The summed E-state index contributed by atoms with van der Waals surface area (Å²) in [6.07, 6.45) is 19.9. The van der Waals surface area contributed by atoms with Crippen LogP contribution in [0.15, 0.2) is 35.5 Å². The van der Waals surface area contributed by atoms with Crippen LogP contribution in [0.3, 0.4) is 0 Å². The molecule has 298 valence electrons. The molecule has 0 spiro atoms. The van der Waals surface area contributed by atoms with Crippen molar-refractivity contribution in [3.8, 4) is 0 Å². The van der Waals surface area contributed by atoms with Crippen molar-refractivity contribution >= 4 is 15.8 Å². The quantitative estimate of drug-likeness (QED) is 0.229. The van der Waals surface area contributed by atoms with Crippen LogP contribution in [0.2, 0.25) is 0 Å². The molecular weight excluding hydrogens is 684 g/mol. The summed E-state index contributed by atoms with van der Waals surface area (Å²) in [5.41, 5.74) is 3.65. The highest BCUT2D eigenvalue weighted by Crippen LogP contribution is 2.76. The molecule has 0 radical (unpaired) electrons. The lowest BCUT2D eigenvalue weighted by Crippen LogP contribution is -2.68. The summed E-state index contributed by atoms with van der Waals surface area (Å²) in [6, 6.07) is 0. The molecular formula is C45H71FN2O4S. The fourth-order valence-electron chi connectivity index (χ4n) is 15.1. The van der Waals surface area contributed by atoms with Gasteiger partial charge in [-0.15, -0.1) is 0 Å². The van der Waals surface area contributed by atoms with Crippen molar-refractivity contribution in [2.24, 2.45) is 56.7 Å². The number of nitrogens with zero attached hydrogens (tertiary/aromatic N) is 1. The summed E-state index contributed by atoms with van der Waals surface area (Å²) in [5.74, 6) is 2.04. The molecule has 8 heteroatoms. The number of halogens is 1.